The van der Waals surface area contributed by atoms with E-state index in [9.17, 15) is 0 Å². The molecule has 3 heterocycles. The van der Waals surface area contributed by atoms with Crippen LogP contribution in [0.3, 0.4) is 0 Å². The summed E-state index contributed by atoms with van der Waals surface area (Å²) < 4.78 is 80.7. The fourth-order valence-corrected chi connectivity index (χ4v) is 9.35. The van der Waals surface area contributed by atoms with Crippen molar-refractivity contribution in [3.63, 3.8) is 0 Å². The van der Waals surface area contributed by atoms with E-state index in [1.807, 2.05) is 54.6 Å². The molecule has 0 spiro atoms. The minimum Gasteiger partial charge on any atom is -0.510 e. The maximum absolute atomic E-state index is 8.66. The SMILES string of the molecule is [2H]c1c([2H])c([2H])c(-c2cnc(-n3c4[c-]c(Oc5[c-]c(-n6[c-][n+](-c7c(C(C)(C)C)cccc7C(C)(C)C)c7ccc(-c8cc(C(C)(C)C)cc(C(C)(C)C)c8)cc76)ccc5)ccc4c4ccccc43)cc2C([2H])([2H])[2H])c([2H])c1[2H].[Pt]. The Hall–Kier alpha value is -6.55. The minimum atomic E-state index is -2.76. The number of hydrogen-bond acceptors (Lipinski definition) is 2. The van der Waals surface area contributed by atoms with E-state index in [-0.39, 0.29) is 65.2 Å². The fourth-order valence-electron chi connectivity index (χ4n) is 9.35. The summed E-state index contributed by atoms with van der Waals surface area (Å²) in [6.45, 7) is 24.3. The van der Waals surface area contributed by atoms with E-state index >= 15 is 0 Å². The first-order valence-electron chi connectivity index (χ1n) is 28.0. The molecule has 10 aromatic rings. The van der Waals surface area contributed by atoms with Crippen LogP contribution in [-0.2, 0) is 42.7 Å². The number of para-hydroxylation sites is 2. The van der Waals surface area contributed by atoms with Crippen molar-refractivity contribution in [1.29, 1.82) is 0 Å². The van der Waals surface area contributed by atoms with Gasteiger partial charge in [0.25, 0.3) is 6.33 Å². The van der Waals surface area contributed by atoms with E-state index in [4.69, 9.17) is 20.7 Å². The van der Waals surface area contributed by atoms with Gasteiger partial charge in [0.1, 0.15) is 5.82 Å². The van der Waals surface area contributed by atoms with Crippen LogP contribution in [0.5, 0.6) is 11.5 Å². The second kappa shape index (κ2) is 18.2. The van der Waals surface area contributed by atoms with Crippen molar-refractivity contribution in [3.8, 4) is 50.9 Å². The molecule has 5 nitrogen and oxygen atoms in total. The summed E-state index contributed by atoms with van der Waals surface area (Å²) in [7, 11) is 0. The van der Waals surface area contributed by atoms with Gasteiger partial charge in [0.15, 0.2) is 0 Å². The number of fused-ring (bicyclic) bond motifs is 4. The average molecular weight is 1120 g/mol. The number of pyridine rings is 1. The zero-order chi connectivity index (χ0) is 56.3. The van der Waals surface area contributed by atoms with Gasteiger partial charge in [-0.1, -0.05) is 186 Å². The van der Waals surface area contributed by atoms with Gasteiger partial charge in [-0.15, -0.1) is 29.7 Å². The van der Waals surface area contributed by atoms with Crippen molar-refractivity contribution in [2.24, 2.45) is 0 Å². The van der Waals surface area contributed by atoms with Crippen LogP contribution >= 0.6 is 0 Å². The van der Waals surface area contributed by atoms with Gasteiger partial charge >= 0.3 is 0 Å². The number of hydrogen-bond donors (Lipinski definition) is 0. The maximum Gasteiger partial charge on any atom is 0.268 e. The molecular formula is C65H64N4OPt-2. The van der Waals surface area contributed by atoms with E-state index in [1.165, 1.54) is 34.5 Å². The third kappa shape index (κ3) is 9.42. The molecule has 0 aliphatic rings. The summed E-state index contributed by atoms with van der Waals surface area (Å²) in [4.78, 5) is 4.74. The molecule has 0 saturated heterocycles. The van der Waals surface area contributed by atoms with E-state index in [0.29, 0.717) is 22.7 Å². The molecule has 0 aliphatic carbocycles. The van der Waals surface area contributed by atoms with Crippen LogP contribution in [0.1, 0.15) is 122 Å². The predicted molar refractivity (Wildman–Crippen MR) is 290 cm³/mol. The number of ether oxygens (including phenoxy) is 1. The second-order valence-electron chi connectivity index (χ2n) is 22.5. The molecule has 0 aliphatic heterocycles. The van der Waals surface area contributed by atoms with Crippen LogP contribution in [0.15, 0.2) is 152 Å². The summed E-state index contributed by atoms with van der Waals surface area (Å²) in [6.07, 6.45) is 5.11. The van der Waals surface area contributed by atoms with Crippen molar-refractivity contribution >= 4 is 32.8 Å². The maximum atomic E-state index is 8.66. The molecule has 0 bridgehead atoms. The Kier molecular flexibility index (Phi) is 10.3. The average Bonchev–Trinajstić information content (AvgIpc) is 4.01. The summed E-state index contributed by atoms with van der Waals surface area (Å²) in [6, 6.07) is 43.3. The van der Waals surface area contributed by atoms with Crippen LogP contribution in [-0.4, -0.2) is 14.1 Å². The first-order chi connectivity index (χ1) is 36.4. The Labute approximate surface area is 446 Å². The van der Waals surface area contributed by atoms with Gasteiger partial charge in [0.05, 0.1) is 23.6 Å². The molecule has 0 radical (unpaired) electrons. The van der Waals surface area contributed by atoms with Gasteiger partial charge in [0.2, 0.25) is 0 Å². The van der Waals surface area contributed by atoms with Gasteiger partial charge < -0.3 is 13.9 Å². The molecular weight excluding hydrogens is 1050 g/mol. The Morgan fingerprint density at radius 1 is 0.592 bits per heavy atom. The van der Waals surface area contributed by atoms with Crippen molar-refractivity contribution < 1.29 is 41.3 Å². The smallest absolute Gasteiger partial charge is 0.268 e. The topological polar surface area (TPSA) is 35.9 Å². The molecule has 0 amide bonds. The predicted octanol–water partition coefficient (Wildman–Crippen LogP) is 16.4. The first kappa shape index (κ1) is 40.1. The van der Waals surface area contributed by atoms with Crippen molar-refractivity contribution in [3.05, 3.63) is 198 Å². The van der Waals surface area contributed by atoms with Crippen molar-refractivity contribution in [2.45, 2.75) is 112 Å². The van der Waals surface area contributed by atoms with Gasteiger partial charge in [-0.05, 0) is 102 Å². The largest absolute Gasteiger partial charge is 0.510 e. The Morgan fingerprint density at radius 3 is 1.92 bits per heavy atom. The number of nitrogens with zero attached hydrogens (tertiary/aromatic N) is 4. The molecule has 3 aromatic heterocycles. The zero-order valence-electron chi connectivity index (χ0n) is 50.6. The normalized spacial score (nSPS) is 14.3. The van der Waals surface area contributed by atoms with Gasteiger partial charge in [-0.25, -0.2) is 4.98 Å². The van der Waals surface area contributed by atoms with Gasteiger partial charge in [0, 0.05) is 54.0 Å². The number of benzene rings is 7. The second-order valence-corrected chi connectivity index (χ2v) is 22.5. The standard InChI is InChI=1S/C65H64N4O.Pt/c1-42-33-60(66-40-53(42)43-21-15-14-16-22-43)69-56-28-18-17-25-51(56)52-31-30-50(39-58(52)69)70-49-24-19-23-48(38-49)67-41-68(61-54(64(8,9)10)26-20-27-55(61)65(11,12)13)57-32-29-44(36-59(57)67)45-34-46(62(2,3)4)37-47(35-45)63(5,6)7;/h14-37,40H,1-13H3;/q-2;/i1D3,14D,15D,16D,21D,22D;. The number of aromatic nitrogens is 4. The molecule has 0 fully saturated rings. The number of aryl methyl sites for hydroxylation is 1. The van der Waals surface area contributed by atoms with E-state index in [2.05, 4.69) is 165 Å². The van der Waals surface area contributed by atoms with E-state index < -0.39 is 37.1 Å². The summed E-state index contributed by atoms with van der Waals surface area (Å²) in [5.74, 6) is 1.02. The van der Waals surface area contributed by atoms with Crippen LogP contribution in [0.4, 0.5) is 0 Å². The van der Waals surface area contributed by atoms with Crippen LogP contribution < -0.4 is 9.30 Å². The van der Waals surface area contributed by atoms with E-state index in [0.717, 1.165) is 44.1 Å². The summed E-state index contributed by atoms with van der Waals surface area (Å²) in [5.41, 5.74) is 11.1. The summed E-state index contributed by atoms with van der Waals surface area (Å²) in [5, 5.41) is 1.67. The van der Waals surface area contributed by atoms with Gasteiger partial charge in [-0.3, -0.25) is 4.57 Å². The molecule has 0 N–H and O–H groups in total. The van der Waals surface area contributed by atoms with Crippen molar-refractivity contribution in [1.82, 2.24) is 14.1 Å². The monoisotopic (exact) mass is 1120 g/mol. The van der Waals surface area contributed by atoms with Crippen LogP contribution in [0, 0.1) is 25.3 Å². The first-order valence-corrected chi connectivity index (χ1v) is 24.0. The van der Waals surface area contributed by atoms with Gasteiger partial charge in [-0.2, -0.15) is 18.2 Å². The molecule has 7 aromatic carbocycles. The fraction of sp³-hybridized carbons (Fsp3) is 0.262. The van der Waals surface area contributed by atoms with E-state index in [1.54, 1.807) is 4.57 Å². The Morgan fingerprint density at radius 2 is 1.25 bits per heavy atom. The molecule has 0 unspecified atom stereocenters. The Balaban J connectivity index is 0.00000757. The minimum absolute atomic E-state index is 0. The third-order valence-corrected chi connectivity index (χ3v) is 13.2. The molecule has 0 atom stereocenters. The molecule has 10 rings (SSSR count). The third-order valence-electron chi connectivity index (χ3n) is 13.2. The summed E-state index contributed by atoms with van der Waals surface area (Å²) >= 11 is 0. The van der Waals surface area contributed by atoms with Crippen molar-refractivity contribution in [2.75, 3.05) is 0 Å². The number of imidazole rings is 1. The molecule has 362 valence electrons. The van der Waals surface area contributed by atoms with Crippen LogP contribution in [0.25, 0.3) is 72.3 Å². The zero-order valence-corrected chi connectivity index (χ0v) is 44.8. The Bertz CT molecular complexity index is 3960. The molecule has 71 heavy (non-hydrogen) atoms. The van der Waals surface area contributed by atoms with Crippen LogP contribution in [0.2, 0.25) is 0 Å². The molecule has 6 heteroatoms. The quantitative estimate of drug-likeness (QED) is 0.118. The molecule has 0 saturated carbocycles. The number of rotatable bonds is 7.